The SMILES string of the molecule is CCN(Cc1cc(F)ccc1-c1nn(CC(=O)O)c2ccc(Cl)cc12)C(=O)CC1CC1. The number of aliphatic carboxylic acids is 1. The standard InChI is InChI=1S/C23H23ClFN3O3/c1-2-27(21(29)9-14-3-4-14)12-15-10-17(25)6-7-18(15)23-19-11-16(24)5-8-20(19)28(26-23)13-22(30)31/h5-8,10-11,14H,2-4,9,12-13H2,1H3,(H,30,31). The van der Waals surface area contributed by atoms with Crippen LogP contribution >= 0.6 is 11.6 Å². The van der Waals surface area contributed by atoms with E-state index in [0.717, 1.165) is 12.8 Å². The van der Waals surface area contributed by atoms with Crippen LogP contribution in [0.4, 0.5) is 4.39 Å². The minimum atomic E-state index is -1.02. The van der Waals surface area contributed by atoms with Gasteiger partial charge in [-0.25, -0.2) is 4.39 Å². The highest BCUT2D eigenvalue weighted by Crippen LogP contribution is 2.35. The molecule has 0 spiro atoms. The quantitative estimate of drug-likeness (QED) is 0.546. The zero-order valence-electron chi connectivity index (χ0n) is 17.1. The van der Waals surface area contributed by atoms with Gasteiger partial charge in [0, 0.05) is 35.5 Å². The van der Waals surface area contributed by atoms with Crippen LogP contribution in [0.2, 0.25) is 5.02 Å². The number of halogens is 2. The normalized spacial score (nSPS) is 13.5. The Balaban J connectivity index is 1.78. The molecule has 1 aliphatic carbocycles. The lowest BCUT2D eigenvalue weighted by molar-refractivity contribution is -0.137. The number of hydrogen-bond acceptors (Lipinski definition) is 3. The molecule has 162 valence electrons. The number of amides is 1. The first-order valence-corrected chi connectivity index (χ1v) is 10.7. The summed E-state index contributed by atoms with van der Waals surface area (Å²) in [6, 6.07) is 9.49. The number of benzene rings is 2. The van der Waals surface area contributed by atoms with E-state index in [1.54, 1.807) is 29.2 Å². The summed E-state index contributed by atoms with van der Waals surface area (Å²) in [6.07, 6.45) is 2.69. The van der Waals surface area contributed by atoms with E-state index >= 15 is 0 Å². The summed E-state index contributed by atoms with van der Waals surface area (Å²) < 4.78 is 15.6. The van der Waals surface area contributed by atoms with E-state index in [1.807, 2.05) is 6.92 Å². The van der Waals surface area contributed by atoms with E-state index in [2.05, 4.69) is 5.10 Å². The Labute approximate surface area is 184 Å². The van der Waals surface area contributed by atoms with Crippen LogP contribution < -0.4 is 0 Å². The van der Waals surface area contributed by atoms with E-state index in [-0.39, 0.29) is 19.0 Å². The van der Waals surface area contributed by atoms with Crippen LogP contribution in [0.15, 0.2) is 36.4 Å². The van der Waals surface area contributed by atoms with Crippen molar-refractivity contribution in [2.45, 2.75) is 39.3 Å². The van der Waals surface area contributed by atoms with E-state index in [4.69, 9.17) is 11.6 Å². The third-order valence-corrected chi connectivity index (χ3v) is 5.81. The van der Waals surface area contributed by atoms with Gasteiger partial charge in [-0.3, -0.25) is 14.3 Å². The van der Waals surface area contributed by atoms with Gasteiger partial charge in [0.05, 0.1) is 5.52 Å². The molecule has 0 radical (unpaired) electrons. The van der Waals surface area contributed by atoms with Crippen molar-refractivity contribution in [1.29, 1.82) is 0 Å². The molecular formula is C23H23ClFN3O3. The summed E-state index contributed by atoms with van der Waals surface area (Å²) in [7, 11) is 0. The molecule has 1 saturated carbocycles. The van der Waals surface area contributed by atoms with Crippen molar-refractivity contribution in [3.05, 3.63) is 52.8 Å². The Kier molecular flexibility index (Phi) is 5.96. The molecule has 1 heterocycles. The molecule has 0 atom stereocenters. The fourth-order valence-corrected chi connectivity index (χ4v) is 3.98. The average molecular weight is 444 g/mol. The van der Waals surface area contributed by atoms with Crippen molar-refractivity contribution in [3.63, 3.8) is 0 Å². The highest BCUT2D eigenvalue weighted by molar-refractivity contribution is 6.31. The second kappa shape index (κ2) is 8.67. The predicted octanol–water partition coefficient (Wildman–Crippen LogP) is 4.73. The van der Waals surface area contributed by atoms with Gasteiger partial charge in [-0.1, -0.05) is 11.6 Å². The fourth-order valence-electron chi connectivity index (χ4n) is 3.80. The summed E-state index contributed by atoms with van der Waals surface area (Å²) in [4.78, 5) is 25.7. The number of carboxylic acids is 1. The van der Waals surface area contributed by atoms with Gasteiger partial charge in [0.2, 0.25) is 5.91 Å². The molecule has 0 bridgehead atoms. The monoisotopic (exact) mass is 443 g/mol. The van der Waals surface area contributed by atoms with Crippen LogP contribution in [0.5, 0.6) is 0 Å². The number of hydrogen-bond donors (Lipinski definition) is 1. The molecule has 1 aliphatic rings. The fraction of sp³-hybridized carbons (Fsp3) is 0.348. The number of carbonyl (C=O) groups excluding carboxylic acids is 1. The van der Waals surface area contributed by atoms with Gasteiger partial charge in [-0.15, -0.1) is 0 Å². The Morgan fingerprint density at radius 3 is 2.71 bits per heavy atom. The Morgan fingerprint density at radius 2 is 2.03 bits per heavy atom. The van der Waals surface area contributed by atoms with Crippen LogP contribution in [-0.2, 0) is 22.7 Å². The molecule has 1 aromatic heterocycles. The Hall–Kier alpha value is -2.93. The number of aromatic nitrogens is 2. The average Bonchev–Trinajstić information content (AvgIpc) is 3.47. The van der Waals surface area contributed by atoms with E-state index < -0.39 is 11.8 Å². The lowest BCUT2D eigenvalue weighted by Crippen LogP contribution is -2.30. The predicted molar refractivity (Wildman–Crippen MR) is 116 cm³/mol. The zero-order chi connectivity index (χ0) is 22.1. The van der Waals surface area contributed by atoms with Crippen LogP contribution in [0.3, 0.4) is 0 Å². The number of carbonyl (C=O) groups is 2. The molecule has 1 fully saturated rings. The highest BCUT2D eigenvalue weighted by atomic mass is 35.5. The number of carboxylic acid groups (broad SMARTS) is 1. The van der Waals surface area contributed by atoms with Crippen molar-refractivity contribution < 1.29 is 19.1 Å². The van der Waals surface area contributed by atoms with Gasteiger partial charge >= 0.3 is 5.97 Å². The topological polar surface area (TPSA) is 75.4 Å². The van der Waals surface area contributed by atoms with Crippen molar-refractivity contribution in [1.82, 2.24) is 14.7 Å². The molecule has 0 aliphatic heterocycles. The van der Waals surface area contributed by atoms with Gasteiger partial charge in [0.15, 0.2) is 0 Å². The molecule has 2 aromatic carbocycles. The second-order valence-corrected chi connectivity index (χ2v) is 8.35. The second-order valence-electron chi connectivity index (χ2n) is 7.92. The van der Waals surface area contributed by atoms with Crippen molar-refractivity contribution in [2.75, 3.05) is 6.54 Å². The third-order valence-electron chi connectivity index (χ3n) is 5.58. The van der Waals surface area contributed by atoms with Crippen molar-refractivity contribution in [3.8, 4) is 11.3 Å². The van der Waals surface area contributed by atoms with Gasteiger partial charge in [0.1, 0.15) is 18.1 Å². The first-order chi connectivity index (χ1) is 14.9. The minimum absolute atomic E-state index is 0.0597. The Morgan fingerprint density at radius 1 is 1.26 bits per heavy atom. The molecule has 0 saturated heterocycles. The van der Waals surface area contributed by atoms with Gasteiger partial charge in [0.25, 0.3) is 0 Å². The molecule has 4 rings (SSSR count). The first-order valence-electron chi connectivity index (χ1n) is 10.3. The zero-order valence-corrected chi connectivity index (χ0v) is 17.9. The lowest BCUT2D eigenvalue weighted by atomic mass is 10.0. The smallest absolute Gasteiger partial charge is 0.325 e. The number of nitrogens with zero attached hydrogens (tertiary/aromatic N) is 3. The molecule has 1 N–H and O–H groups in total. The highest BCUT2D eigenvalue weighted by Gasteiger charge is 2.27. The van der Waals surface area contributed by atoms with Gasteiger partial charge < -0.3 is 10.0 Å². The summed E-state index contributed by atoms with van der Waals surface area (Å²) in [5.41, 5.74) is 2.40. The molecule has 8 heteroatoms. The maximum atomic E-state index is 14.2. The largest absolute Gasteiger partial charge is 0.480 e. The third kappa shape index (κ3) is 4.71. The summed E-state index contributed by atoms with van der Waals surface area (Å²) in [5, 5.41) is 14.9. The van der Waals surface area contributed by atoms with Crippen LogP contribution in [0.1, 0.15) is 31.7 Å². The van der Waals surface area contributed by atoms with Crippen molar-refractivity contribution in [2.24, 2.45) is 5.92 Å². The maximum absolute atomic E-state index is 14.2. The van der Waals surface area contributed by atoms with Crippen molar-refractivity contribution >= 4 is 34.4 Å². The van der Waals surface area contributed by atoms with Gasteiger partial charge in [-0.2, -0.15) is 5.10 Å². The molecule has 0 unspecified atom stereocenters. The van der Waals surface area contributed by atoms with Crippen LogP contribution in [0, 0.1) is 11.7 Å². The molecule has 3 aromatic rings. The van der Waals surface area contributed by atoms with Crippen LogP contribution in [0.25, 0.3) is 22.2 Å². The number of rotatable bonds is 8. The van der Waals surface area contributed by atoms with E-state index in [0.29, 0.717) is 51.6 Å². The molecule has 6 nitrogen and oxygen atoms in total. The summed E-state index contributed by atoms with van der Waals surface area (Å²) in [6.45, 7) is 2.36. The van der Waals surface area contributed by atoms with Gasteiger partial charge in [-0.05, 0) is 67.6 Å². The molecular weight excluding hydrogens is 421 g/mol. The summed E-state index contributed by atoms with van der Waals surface area (Å²) in [5.74, 6) is -0.902. The Bertz CT molecular complexity index is 1160. The molecule has 31 heavy (non-hydrogen) atoms. The van der Waals surface area contributed by atoms with Crippen LogP contribution in [-0.4, -0.2) is 38.2 Å². The first kappa shape index (κ1) is 21.3. The lowest BCUT2D eigenvalue weighted by Gasteiger charge is -2.22. The maximum Gasteiger partial charge on any atom is 0.325 e. The summed E-state index contributed by atoms with van der Waals surface area (Å²) >= 11 is 6.19. The number of fused-ring (bicyclic) bond motifs is 1. The van der Waals surface area contributed by atoms with E-state index in [1.165, 1.54) is 16.8 Å². The minimum Gasteiger partial charge on any atom is -0.480 e. The van der Waals surface area contributed by atoms with E-state index in [9.17, 15) is 19.1 Å². The molecule has 1 amide bonds.